The molecule has 2 aromatic heterocycles. The first-order valence-corrected chi connectivity index (χ1v) is 17.3. The van der Waals surface area contributed by atoms with Gasteiger partial charge in [-0.2, -0.15) is 11.3 Å². The molecule has 6 aromatic carbocycles. The Morgan fingerprint density at radius 1 is 0.556 bits per heavy atom. The Hall–Kier alpha value is -4.64. The molecular formula is C41H32BNS2. The predicted molar refractivity (Wildman–Crippen MR) is 202 cm³/mol. The van der Waals surface area contributed by atoms with Crippen LogP contribution in [-0.2, 0) is 12.8 Å². The molecule has 4 heteroatoms. The molecular weight excluding hydrogens is 581 g/mol. The van der Waals surface area contributed by atoms with Gasteiger partial charge in [0.25, 0.3) is 0 Å². The van der Waals surface area contributed by atoms with E-state index in [0.717, 1.165) is 24.9 Å². The summed E-state index contributed by atoms with van der Waals surface area (Å²) in [6.45, 7) is 0. The number of thiophene rings is 2. The molecule has 1 nitrogen and oxygen atoms in total. The second-order valence-corrected chi connectivity index (χ2v) is 14.1. The van der Waals surface area contributed by atoms with Crippen molar-refractivity contribution in [1.82, 2.24) is 0 Å². The van der Waals surface area contributed by atoms with Gasteiger partial charge >= 0.3 is 0 Å². The quantitative estimate of drug-likeness (QED) is 0.168. The summed E-state index contributed by atoms with van der Waals surface area (Å²) in [7, 11) is 2.28. The van der Waals surface area contributed by atoms with Gasteiger partial charge in [0.2, 0.25) is 0 Å². The topological polar surface area (TPSA) is 12.0 Å². The lowest BCUT2D eigenvalue weighted by Gasteiger charge is -2.14. The average molecular weight is 614 g/mol. The van der Waals surface area contributed by atoms with Crippen LogP contribution in [0.1, 0.15) is 16.9 Å². The van der Waals surface area contributed by atoms with Gasteiger partial charge < -0.3 is 5.32 Å². The van der Waals surface area contributed by atoms with Gasteiger partial charge in [0, 0.05) is 30.7 Å². The van der Waals surface area contributed by atoms with Crippen molar-refractivity contribution in [1.29, 1.82) is 0 Å². The van der Waals surface area contributed by atoms with Crippen molar-refractivity contribution < 1.29 is 0 Å². The number of fused-ring (bicyclic) bond motifs is 3. The first kappa shape index (κ1) is 27.9. The van der Waals surface area contributed by atoms with Crippen molar-refractivity contribution in [2.45, 2.75) is 19.3 Å². The number of benzene rings is 6. The van der Waals surface area contributed by atoms with Gasteiger partial charge in [-0.3, -0.25) is 0 Å². The highest BCUT2D eigenvalue weighted by atomic mass is 32.1. The minimum atomic E-state index is 1.02. The van der Waals surface area contributed by atoms with Crippen LogP contribution < -0.4 is 10.1 Å². The van der Waals surface area contributed by atoms with E-state index >= 15 is 0 Å². The highest BCUT2D eigenvalue weighted by molar-refractivity contribution is 7.27. The SMILES string of the molecule is Bc1sc2ccccc2c1-c1cc(-c2ccccc2)ccc1CCCc1sc2ccccc2c1Nc1cccc2ccccc12. The lowest BCUT2D eigenvalue weighted by molar-refractivity contribution is 0.834. The summed E-state index contributed by atoms with van der Waals surface area (Å²) in [4.78, 5) is 1.42. The normalized spacial score (nSPS) is 11.5. The lowest BCUT2D eigenvalue weighted by atomic mass is 9.87. The van der Waals surface area contributed by atoms with Crippen LogP contribution in [0, 0.1) is 0 Å². The zero-order valence-corrected chi connectivity index (χ0v) is 26.8. The molecule has 0 atom stereocenters. The molecule has 0 bridgehead atoms. The smallest absolute Gasteiger partial charge is 0.153 e. The largest absolute Gasteiger partial charge is 0.354 e. The molecule has 0 saturated heterocycles. The summed E-state index contributed by atoms with van der Waals surface area (Å²) < 4.78 is 4.08. The van der Waals surface area contributed by atoms with E-state index < -0.39 is 0 Å². The van der Waals surface area contributed by atoms with E-state index in [1.54, 1.807) is 0 Å². The minimum absolute atomic E-state index is 1.02. The Labute approximate surface area is 273 Å². The van der Waals surface area contributed by atoms with Crippen LogP contribution in [0.25, 0.3) is 53.2 Å². The number of rotatable bonds is 8. The summed E-state index contributed by atoms with van der Waals surface area (Å²) in [6, 6.07) is 50.7. The average Bonchev–Trinajstić information content (AvgIpc) is 3.61. The molecule has 0 amide bonds. The van der Waals surface area contributed by atoms with Crippen LogP contribution in [0.15, 0.2) is 140 Å². The maximum Gasteiger partial charge on any atom is 0.153 e. The maximum absolute atomic E-state index is 3.89. The molecule has 0 aliphatic rings. The van der Waals surface area contributed by atoms with Crippen LogP contribution in [0.3, 0.4) is 0 Å². The minimum Gasteiger partial charge on any atom is -0.354 e. The predicted octanol–water partition coefficient (Wildman–Crippen LogP) is 10.8. The maximum atomic E-state index is 3.89. The van der Waals surface area contributed by atoms with Crippen molar-refractivity contribution >= 4 is 77.6 Å². The molecule has 0 fully saturated rings. The van der Waals surface area contributed by atoms with Crippen molar-refractivity contribution in [3.05, 3.63) is 150 Å². The summed E-state index contributed by atoms with van der Waals surface area (Å²) in [6.07, 6.45) is 3.13. The highest BCUT2D eigenvalue weighted by Gasteiger charge is 2.17. The summed E-state index contributed by atoms with van der Waals surface area (Å²) in [5, 5.41) is 9.06. The third kappa shape index (κ3) is 5.35. The first-order chi connectivity index (χ1) is 22.2. The van der Waals surface area contributed by atoms with Gasteiger partial charge in [-0.05, 0) is 86.9 Å². The molecule has 0 aliphatic heterocycles. The van der Waals surface area contributed by atoms with Gasteiger partial charge in [-0.1, -0.05) is 115 Å². The zero-order chi connectivity index (χ0) is 30.2. The van der Waals surface area contributed by atoms with Crippen LogP contribution in [0.2, 0.25) is 0 Å². The Kier molecular flexibility index (Phi) is 7.46. The molecule has 0 saturated carbocycles. The number of nitrogens with one attached hydrogen (secondary N) is 1. The van der Waals surface area contributed by atoms with E-state index in [9.17, 15) is 0 Å². The fraction of sp³-hybridized carbons (Fsp3) is 0.0732. The molecule has 0 radical (unpaired) electrons. The van der Waals surface area contributed by atoms with E-state index in [1.165, 1.54) is 74.1 Å². The molecule has 0 aliphatic carbocycles. The van der Waals surface area contributed by atoms with Gasteiger partial charge in [0.1, 0.15) is 0 Å². The summed E-state index contributed by atoms with van der Waals surface area (Å²) in [5.74, 6) is 0. The summed E-state index contributed by atoms with van der Waals surface area (Å²) in [5.41, 5.74) is 9.14. The molecule has 0 spiro atoms. The van der Waals surface area contributed by atoms with Gasteiger partial charge in [-0.15, -0.1) is 11.3 Å². The molecule has 45 heavy (non-hydrogen) atoms. The highest BCUT2D eigenvalue weighted by Crippen LogP contribution is 2.41. The number of hydrogen-bond acceptors (Lipinski definition) is 3. The van der Waals surface area contributed by atoms with Crippen molar-refractivity contribution in [2.24, 2.45) is 0 Å². The Balaban J connectivity index is 1.14. The van der Waals surface area contributed by atoms with Gasteiger partial charge in [0.05, 0.1) is 5.69 Å². The van der Waals surface area contributed by atoms with Crippen LogP contribution in [-0.4, -0.2) is 7.85 Å². The van der Waals surface area contributed by atoms with Crippen LogP contribution >= 0.6 is 22.7 Å². The fourth-order valence-corrected chi connectivity index (χ4v) is 8.94. The zero-order valence-electron chi connectivity index (χ0n) is 25.2. The molecule has 216 valence electrons. The fourth-order valence-electron chi connectivity index (χ4n) is 6.66. The number of hydrogen-bond donors (Lipinski definition) is 1. The second kappa shape index (κ2) is 12.0. The first-order valence-electron chi connectivity index (χ1n) is 15.6. The molecule has 2 heterocycles. The molecule has 8 aromatic rings. The molecule has 8 rings (SSSR count). The van der Waals surface area contributed by atoms with Crippen LogP contribution in [0.5, 0.6) is 0 Å². The molecule has 1 N–H and O–H groups in total. The van der Waals surface area contributed by atoms with E-state index in [4.69, 9.17) is 0 Å². The van der Waals surface area contributed by atoms with Gasteiger partial charge in [0.15, 0.2) is 7.85 Å². The van der Waals surface area contributed by atoms with E-state index in [0.29, 0.717) is 0 Å². The van der Waals surface area contributed by atoms with Crippen molar-refractivity contribution in [2.75, 3.05) is 5.32 Å². The monoisotopic (exact) mass is 613 g/mol. The number of aryl methyl sites for hydroxylation is 2. The standard InChI is InChI=1S/C41H32BNS2/c42-41-39(32-18-6-8-21-36(32)45-41)34-26-30(27-12-2-1-3-13-27)25-24-29(34)16-11-23-38-40(33-19-7-9-22-37(33)44-38)43-35-20-10-15-28-14-4-5-17-31(28)35/h1-10,12-15,17-22,24-26,43H,11,16,23,42H2. The Morgan fingerprint density at radius 3 is 2.09 bits per heavy atom. The van der Waals surface area contributed by atoms with Crippen molar-refractivity contribution in [3.8, 4) is 22.3 Å². The Morgan fingerprint density at radius 2 is 1.24 bits per heavy atom. The van der Waals surface area contributed by atoms with Gasteiger partial charge in [-0.25, -0.2) is 0 Å². The summed E-state index contributed by atoms with van der Waals surface area (Å²) >= 11 is 3.83. The Bertz CT molecular complexity index is 2290. The molecule has 0 unspecified atom stereocenters. The van der Waals surface area contributed by atoms with E-state index in [-0.39, 0.29) is 0 Å². The third-order valence-corrected chi connectivity index (χ3v) is 11.1. The van der Waals surface area contributed by atoms with E-state index in [1.807, 2.05) is 22.7 Å². The lowest BCUT2D eigenvalue weighted by Crippen LogP contribution is -2.02. The van der Waals surface area contributed by atoms with E-state index in [2.05, 4.69) is 153 Å². The van der Waals surface area contributed by atoms with Crippen molar-refractivity contribution in [3.63, 3.8) is 0 Å². The second-order valence-electron chi connectivity index (χ2n) is 11.7. The number of anilines is 2. The third-order valence-electron chi connectivity index (χ3n) is 8.83. The van der Waals surface area contributed by atoms with Crippen LogP contribution in [0.4, 0.5) is 11.4 Å².